The summed E-state index contributed by atoms with van der Waals surface area (Å²) in [7, 11) is 1.45. The number of anilines is 2. The van der Waals surface area contributed by atoms with Gasteiger partial charge in [-0.1, -0.05) is 59.8 Å². The number of allylic oxidation sites excluding steroid dienone is 2. The number of benzene rings is 3. The number of rotatable bonds is 6. The summed E-state index contributed by atoms with van der Waals surface area (Å²) in [6, 6.07) is 3.16. The van der Waals surface area contributed by atoms with Crippen LogP contribution in [0.25, 0.3) is 38.7 Å². The Morgan fingerprint density at radius 3 is 2.32 bits per heavy atom. The first-order valence-corrected chi connectivity index (χ1v) is 23.4. The second-order valence-electron chi connectivity index (χ2n) is 19.4. The number of fused-ring (bicyclic) bond motifs is 2. The third-order valence-electron chi connectivity index (χ3n) is 13.9. The van der Waals surface area contributed by atoms with E-state index in [-0.39, 0.29) is 66.5 Å². The maximum absolute atomic E-state index is 15.0. The maximum Gasteiger partial charge on any atom is 0.302 e. The lowest BCUT2D eigenvalue weighted by Crippen LogP contribution is -2.47. The van der Waals surface area contributed by atoms with Gasteiger partial charge in [0.25, 0.3) is 11.7 Å². The van der Waals surface area contributed by atoms with Crippen LogP contribution in [0.15, 0.2) is 62.3 Å². The minimum absolute atomic E-state index is 0.00264. The Bertz CT molecular complexity index is 2920. The van der Waals surface area contributed by atoms with Crippen LogP contribution in [-0.2, 0) is 23.8 Å². The van der Waals surface area contributed by atoms with Crippen molar-refractivity contribution in [2.75, 3.05) is 50.1 Å². The highest BCUT2D eigenvalue weighted by Crippen LogP contribution is 2.42. The number of hydroxylamine groups is 1. The summed E-state index contributed by atoms with van der Waals surface area (Å²) in [6.45, 7) is 20.9. The number of esters is 1. The van der Waals surface area contributed by atoms with E-state index < -0.39 is 82.4 Å². The van der Waals surface area contributed by atoms with Crippen LogP contribution in [0.1, 0.15) is 67.9 Å². The molecule has 4 bridgehead atoms. The van der Waals surface area contributed by atoms with Gasteiger partial charge in [0.05, 0.1) is 35.2 Å². The van der Waals surface area contributed by atoms with Crippen LogP contribution >= 0.6 is 0 Å². The summed E-state index contributed by atoms with van der Waals surface area (Å²) in [5.74, 6) is -5.78. The van der Waals surface area contributed by atoms with Crippen LogP contribution in [0.4, 0.5) is 11.4 Å². The molecule has 0 radical (unpaired) electrons. The Morgan fingerprint density at radius 1 is 0.986 bits per heavy atom. The van der Waals surface area contributed by atoms with Crippen molar-refractivity contribution in [1.82, 2.24) is 15.4 Å². The first-order chi connectivity index (χ1) is 32.6. The molecule has 4 aromatic rings. The highest BCUT2D eigenvalue weighted by Gasteiger charge is 2.44. The molecule has 3 aliphatic heterocycles. The molecule has 4 heterocycles. The predicted molar refractivity (Wildman–Crippen MR) is 261 cm³/mol. The average Bonchev–Trinajstić information content (AvgIpc) is 3.61. The summed E-state index contributed by atoms with van der Waals surface area (Å²) in [5.41, 5.74) is 0.778. The van der Waals surface area contributed by atoms with Crippen LogP contribution in [0.3, 0.4) is 0 Å². The zero-order valence-electron chi connectivity index (χ0n) is 41.1. The molecule has 69 heavy (non-hydrogen) atoms. The quantitative estimate of drug-likeness (QED) is 0.0661. The van der Waals surface area contributed by atoms with E-state index in [1.807, 2.05) is 0 Å². The average molecular weight is 956 g/mol. The van der Waals surface area contributed by atoms with Crippen LogP contribution in [-0.4, -0.2) is 112 Å². The van der Waals surface area contributed by atoms with Gasteiger partial charge in [0.2, 0.25) is 10.9 Å². The van der Waals surface area contributed by atoms with Crippen molar-refractivity contribution in [2.24, 2.45) is 29.6 Å². The highest BCUT2D eigenvalue weighted by atomic mass is 16.7. The van der Waals surface area contributed by atoms with E-state index in [2.05, 4.69) is 34.4 Å². The van der Waals surface area contributed by atoms with Crippen molar-refractivity contribution < 1.29 is 53.5 Å². The van der Waals surface area contributed by atoms with Gasteiger partial charge >= 0.3 is 5.97 Å². The van der Waals surface area contributed by atoms with Crippen LogP contribution in [0.5, 0.6) is 11.5 Å². The summed E-state index contributed by atoms with van der Waals surface area (Å²) in [6.07, 6.45) is 3.61. The van der Waals surface area contributed by atoms with E-state index in [1.165, 1.54) is 59.3 Å². The number of aliphatic hydroxyl groups is 2. The standard InChI is InChI=1S/C51H65N5O13/c1-24(2)23-55-16-18-56(19-17-55)32-21-33(58)39-35(22-32)68-48-40(52-39)36-37-44(61)30(8)47-38(36)49(54-64)51(10,69-47)66-20-15-34(65-11)27(5)46(67-31(9)57)29(7)43(60)28(6)42(59)25(3)13-12-14-26(4)50(63)53-41(48)45(37)62/h12-15,20-22,24-25,27-29,34,42-43,46,54,59-61,64H,16-19,23H2,1-11H3,(H,53,63)/b13-12+,20-15+,26-14-/t25-,27+,28+,29+,34-,42-,43+,46+,51-/m0/s1. The number of phenols is 1. The van der Waals surface area contributed by atoms with E-state index in [9.17, 15) is 39.7 Å². The zero-order chi connectivity index (χ0) is 50.4. The first-order valence-electron chi connectivity index (χ1n) is 23.4. The van der Waals surface area contributed by atoms with E-state index in [0.29, 0.717) is 24.7 Å². The molecule has 1 saturated heterocycles. The number of ether oxygens (including phenoxy) is 4. The monoisotopic (exact) mass is 955 g/mol. The number of piperazine rings is 1. The minimum atomic E-state index is -1.89. The number of hydrogen-bond donors (Lipinski definition) is 6. The molecule has 7 rings (SSSR count). The summed E-state index contributed by atoms with van der Waals surface area (Å²) in [5, 5.41) is 48.4. The number of hydrogen-bond acceptors (Lipinski definition) is 17. The lowest BCUT2D eigenvalue weighted by atomic mass is 9.78. The van der Waals surface area contributed by atoms with Gasteiger partial charge in [0.15, 0.2) is 16.7 Å². The van der Waals surface area contributed by atoms with Crippen molar-refractivity contribution in [3.63, 3.8) is 0 Å². The molecule has 0 saturated carbocycles. The normalized spacial score (nSPS) is 29.2. The molecule has 6 N–H and O–H groups in total. The predicted octanol–water partition coefficient (Wildman–Crippen LogP) is 4.76. The summed E-state index contributed by atoms with van der Waals surface area (Å²) in [4.78, 5) is 64.9. The zero-order valence-corrected chi connectivity index (χ0v) is 41.1. The van der Waals surface area contributed by atoms with Gasteiger partial charge in [0, 0.05) is 112 Å². The Hall–Kier alpha value is -6.05. The number of methoxy groups -OCH3 is 1. The van der Waals surface area contributed by atoms with E-state index in [0.717, 1.165) is 19.6 Å². The molecule has 3 aliphatic rings. The van der Waals surface area contributed by atoms with Gasteiger partial charge in [-0.15, -0.1) is 0 Å². The molecule has 372 valence electrons. The first kappa shape index (κ1) is 50.8. The lowest BCUT2D eigenvalue weighted by Gasteiger charge is -2.38. The number of carbonyl (C=O) groups excluding carboxylic acids is 2. The number of aromatic hydroxyl groups is 1. The van der Waals surface area contributed by atoms with Gasteiger partial charge in [0.1, 0.15) is 34.5 Å². The molecule has 3 aromatic carbocycles. The number of nitrogens with one attached hydrogen (secondary N) is 2. The second kappa shape index (κ2) is 20.1. The smallest absolute Gasteiger partial charge is 0.302 e. The summed E-state index contributed by atoms with van der Waals surface area (Å²) >= 11 is 0. The van der Waals surface area contributed by atoms with E-state index in [4.69, 9.17) is 28.3 Å². The second-order valence-corrected chi connectivity index (χ2v) is 19.4. The minimum Gasteiger partial charge on any atom is -0.507 e. The van der Waals surface area contributed by atoms with Crippen molar-refractivity contribution in [1.29, 1.82) is 0 Å². The Balaban J connectivity index is 1.47. The van der Waals surface area contributed by atoms with E-state index in [1.54, 1.807) is 45.9 Å². The Kier molecular flexibility index (Phi) is 14.8. The number of nitrogens with zero attached hydrogens (tertiary/aromatic N) is 3. The van der Waals surface area contributed by atoms with Gasteiger partial charge < -0.3 is 48.9 Å². The molecule has 1 aromatic heterocycles. The SMILES string of the molecule is CO[C@H]1/C=C/O[C@@]2(C)Oc3c(C)c(O)c4c(=O)c(c5oc6cc(N7CCN(CC(C)C)CC7)cc(=O)c6nc5c4c3=C2NO)NC(=O)/C(C)=C\C=C\[C@H](C)[C@H](O)[C@@H](C)[C@@H](O)[C@@H](C)[C@H](OC(C)=O)[C@@H]1C. The van der Waals surface area contributed by atoms with Crippen molar-refractivity contribution in [3.05, 3.63) is 79.5 Å². The van der Waals surface area contributed by atoms with Gasteiger partial charge in [-0.3, -0.25) is 34.8 Å². The molecule has 1 amide bonds. The molecule has 0 aliphatic carbocycles. The molecule has 18 nitrogen and oxygen atoms in total. The third-order valence-corrected chi connectivity index (χ3v) is 13.9. The van der Waals surface area contributed by atoms with Crippen LogP contribution in [0, 0.1) is 36.5 Å². The molecular formula is C51H65N5O13. The number of amides is 1. The number of phenolic OH excluding ortho intramolecular Hbond substituents is 1. The van der Waals surface area contributed by atoms with Gasteiger partial charge in [-0.25, -0.2) is 4.98 Å². The van der Waals surface area contributed by atoms with E-state index >= 15 is 0 Å². The highest BCUT2D eigenvalue weighted by molar-refractivity contribution is 6.17. The van der Waals surface area contributed by atoms with Crippen LogP contribution < -0.4 is 36.5 Å². The van der Waals surface area contributed by atoms with Crippen molar-refractivity contribution in [3.8, 4) is 11.5 Å². The number of carbonyl (C=O) groups is 2. The largest absolute Gasteiger partial charge is 0.507 e. The summed E-state index contributed by atoms with van der Waals surface area (Å²) < 4.78 is 30.9. The molecule has 0 unspecified atom stereocenters. The topological polar surface area (TPSA) is 243 Å². The molecule has 1 fully saturated rings. The third kappa shape index (κ3) is 9.64. The lowest BCUT2D eigenvalue weighted by molar-refractivity contribution is -0.160. The van der Waals surface area contributed by atoms with Gasteiger partial charge in [-0.05, 0) is 25.8 Å². The molecule has 0 spiro atoms. The van der Waals surface area contributed by atoms with Crippen molar-refractivity contribution in [2.45, 2.75) is 99.4 Å². The number of aliphatic hydroxyl groups excluding tert-OH is 2. The van der Waals surface area contributed by atoms with Crippen molar-refractivity contribution >= 4 is 61.9 Å². The fourth-order valence-corrected chi connectivity index (χ4v) is 9.94. The fraction of sp³-hybridized carbons (Fsp3) is 0.510. The fourth-order valence-electron chi connectivity index (χ4n) is 9.94. The Morgan fingerprint density at radius 2 is 1.68 bits per heavy atom. The Labute approximate surface area is 399 Å². The maximum atomic E-state index is 15.0. The van der Waals surface area contributed by atoms with Crippen LogP contribution in [0.2, 0.25) is 0 Å². The molecule has 9 atom stereocenters. The number of aromatic nitrogens is 1. The molecular weight excluding hydrogens is 891 g/mol. The van der Waals surface area contributed by atoms with Gasteiger partial charge in [-0.2, -0.15) is 0 Å². The molecule has 18 heteroatoms.